The van der Waals surface area contributed by atoms with Crippen LogP contribution in [0.25, 0.3) is 0 Å². The summed E-state index contributed by atoms with van der Waals surface area (Å²) in [6, 6.07) is 0. The Kier molecular flexibility index (Phi) is 5.24. The van der Waals surface area contributed by atoms with E-state index in [1.165, 1.54) is 6.42 Å². The third kappa shape index (κ3) is 2.96. The average Bonchev–Trinajstić information content (AvgIpc) is 1.90. The van der Waals surface area contributed by atoms with Gasteiger partial charge in [-0.15, -0.1) is 0 Å². The summed E-state index contributed by atoms with van der Waals surface area (Å²) in [5, 5.41) is 0. The topological polar surface area (TPSA) is 0 Å². The summed E-state index contributed by atoms with van der Waals surface area (Å²) in [5.74, 6) is 3.47. The molecule has 0 nitrogen and oxygen atoms in total. The van der Waals surface area contributed by atoms with E-state index in [0.29, 0.717) is 0 Å². The van der Waals surface area contributed by atoms with Crippen LogP contribution in [-0.2, 0) is 0 Å². The van der Waals surface area contributed by atoms with E-state index >= 15 is 0 Å². The molecule has 0 saturated carbocycles. The first-order valence-electron chi connectivity index (χ1n) is 4.24. The van der Waals surface area contributed by atoms with Gasteiger partial charge in [0.2, 0.25) is 0 Å². The Morgan fingerprint density at radius 1 is 1.20 bits per heavy atom. The van der Waals surface area contributed by atoms with Gasteiger partial charge in [0.15, 0.2) is 0 Å². The molecule has 0 aromatic heterocycles. The summed E-state index contributed by atoms with van der Waals surface area (Å²) < 4.78 is 0. The van der Waals surface area contributed by atoms with Gasteiger partial charge in [0.1, 0.15) is 0 Å². The van der Waals surface area contributed by atoms with Gasteiger partial charge in [0.25, 0.3) is 0 Å². The van der Waals surface area contributed by atoms with E-state index < -0.39 is 0 Å². The number of hydrogen-bond acceptors (Lipinski definition) is 1. The van der Waals surface area contributed by atoms with Crippen LogP contribution < -0.4 is 0 Å². The fourth-order valence-electron chi connectivity index (χ4n) is 1.21. The Hall–Kier alpha value is 0.350. The van der Waals surface area contributed by atoms with E-state index in [-0.39, 0.29) is 0 Å². The molecule has 0 aromatic rings. The van der Waals surface area contributed by atoms with E-state index in [2.05, 4.69) is 40.3 Å². The summed E-state index contributed by atoms with van der Waals surface area (Å²) in [7, 11) is 0. The molecule has 62 valence electrons. The molecule has 0 aliphatic carbocycles. The molecule has 0 aliphatic heterocycles. The van der Waals surface area contributed by atoms with E-state index in [4.69, 9.17) is 0 Å². The summed E-state index contributed by atoms with van der Waals surface area (Å²) in [6.45, 7) is 9.16. The third-order valence-corrected chi connectivity index (χ3v) is 3.02. The van der Waals surface area contributed by atoms with Crippen molar-refractivity contribution in [1.82, 2.24) is 0 Å². The Morgan fingerprint density at radius 3 is 1.80 bits per heavy atom. The zero-order chi connectivity index (χ0) is 8.15. The second-order valence-electron chi connectivity index (χ2n) is 3.45. The molecule has 0 rings (SSSR count). The summed E-state index contributed by atoms with van der Waals surface area (Å²) >= 11 is 4.33. The highest BCUT2D eigenvalue weighted by atomic mass is 32.1. The standard InChI is InChI=1S/C9H20S/c1-5-9(6-10)8(4)7(2)3/h7-10H,5-6H2,1-4H3. The molecular formula is C9H20S. The largest absolute Gasteiger partial charge is 0.179 e. The molecule has 0 radical (unpaired) electrons. The Morgan fingerprint density at radius 2 is 1.70 bits per heavy atom. The zero-order valence-electron chi connectivity index (χ0n) is 7.59. The molecule has 0 spiro atoms. The van der Waals surface area contributed by atoms with Crippen LogP contribution in [0.3, 0.4) is 0 Å². The van der Waals surface area contributed by atoms with Crippen LogP contribution in [0.15, 0.2) is 0 Å². The molecule has 0 aliphatic rings. The van der Waals surface area contributed by atoms with Gasteiger partial charge < -0.3 is 0 Å². The molecule has 2 unspecified atom stereocenters. The minimum atomic E-state index is 0.803. The first kappa shape index (κ1) is 10.3. The quantitative estimate of drug-likeness (QED) is 0.600. The van der Waals surface area contributed by atoms with Crippen LogP contribution in [0, 0.1) is 17.8 Å². The first-order chi connectivity index (χ1) is 4.63. The normalized spacial score (nSPS) is 17.4. The van der Waals surface area contributed by atoms with Gasteiger partial charge in [-0.05, 0) is 23.5 Å². The van der Waals surface area contributed by atoms with Crippen molar-refractivity contribution in [1.29, 1.82) is 0 Å². The van der Waals surface area contributed by atoms with E-state index in [1.807, 2.05) is 0 Å². The molecule has 1 heteroatoms. The van der Waals surface area contributed by atoms with Crippen molar-refractivity contribution in [2.24, 2.45) is 17.8 Å². The number of hydrogen-bond donors (Lipinski definition) is 1. The number of rotatable bonds is 4. The molecule has 0 bridgehead atoms. The fourth-order valence-corrected chi connectivity index (χ4v) is 1.80. The monoisotopic (exact) mass is 160 g/mol. The highest BCUT2D eigenvalue weighted by Crippen LogP contribution is 2.23. The zero-order valence-corrected chi connectivity index (χ0v) is 8.49. The van der Waals surface area contributed by atoms with Crippen molar-refractivity contribution in [2.75, 3.05) is 5.75 Å². The lowest BCUT2D eigenvalue weighted by atomic mass is 9.85. The first-order valence-corrected chi connectivity index (χ1v) is 4.87. The second kappa shape index (κ2) is 5.06. The van der Waals surface area contributed by atoms with E-state index in [9.17, 15) is 0 Å². The maximum Gasteiger partial charge on any atom is -0.00670 e. The van der Waals surface area contributed by atoms with Crippen molar-refractivity contribution in [3.8, 4) is 0 Å². The molecule has 0 saturated heterocycles. The van der Waals surface area contributed by atoms with Crippen molar-refractivity contribution in [3.63, 3.8) is 0 Å². The van der Waals surface area contributed by atoms with E-state index in [0.717, 1.165) is 23.5 Å². The Bertz CT molecular complexity index is 74.8. The highest BCUT2D eigenvalue weighted by molar-refractivity contribution is 7.80. The van der Waals surface area contributed by atoms with Crippen LogP contribution in [0.4, 0.5) is 0 Å². The molecular weight excluding hydrogens is 140 g/mol. The van der Waals surface area contributed by atoms with Gasteiger partial charge in [0, 0.05) is 0 Å². The number of thiol groups is 1. The highest BCUT2D eigenvalue weighted by Gasteiger charge is 2.16. The smallest absolute Gasteiger partial charge is 0.00670 e. The third-order valence-electron chi connectivity index (χ3n) is 2.55. The van der Waals surface area contributed by atoms with Crippen LogP contribution in [0.2, 0.25) is 0 Å². The predicted octanol–water partition coefficient (Wildman–Crippen LogP) is 3.23. The lowest BCUT2D eigenvalue weighted by Gasteiger charge is -2.23. The molecule has 0 amide bonds. The maximum atomic E-state index is 4.33. The SMILES string of the molecule is CCC(CS)C(C)C(C)C. The van der Waals surface area contributed by atoms with Crippen molar-refractivity contribution < 1.29 is 0 Å². The predicted molar refractivity (Wildman–Crippen MR) is 51.6 cm³/mol. The van der Waals surface area contributed by atoms with E-state index in [1.54, 1.807) is 0 Å². The fraction of sp³-hybridized carbons (Fsp3) is 1.00. The minimum absolute atomic E-state index is 0.803. The lowest BCUT2D eigenvalue weighted by molar-refractivity contribution is 0.294. The van der Waals surface area contributed by atoms with Gasteiger partial charge in [-0.3, -0.25) is 0 Å². The summed E-state index contributed by atoms with van der Waals surface area (Å²) in [6.07, 6.45) is 1.27. The average molecular weight is 160 g/mol. The van der Waals surface area contributed by atoms with Crippen molar-refractivity contribution in [3.05, 3.63) is 0 Å². The Labute approximate surface area is 70.8 Å². The molecule has 10 heavy (non-hydrogen) atoms. The molecule has 0 heterocycles. The molecule has 0 aromatic carbocycles. The molecule has 2 atom stereocenters. The van der Waals surface area contributed by atoms with Gasteiger partial charge in [-0.1, -0.05) is 34.1 Å². The molecule has 0 N–H and O–H groups in total. The Balaban J connectivity index is 3.76. The van der Waals surface area contributed by atoms with Gasteiger partial charge in [-0.25, -0.2) is 0 Å². The summed E-state index contributed by atoms with van der Waals surface area (Å²) in [5.41, 5.74) is 0. The lowest BCUT2D eigenvalue weighted by Crippen LogP contribution is -2.17. The van der Waals surface area contributed by atoms with Gasteiger partial charge in [-0.2, -0.15) is 12.6 Å². The summed E-state index contributed by atoms with van der Waals surface area (Å²) in [4.78, 5) is 0. The van der Waals surface area contributed by atoms with Crippen molar-refractivity contribution in [2.45, 2.75) is 34.1 Å². The van der Waals surface area contributed by atoms with Crippen LogP contribution in [0.1, 0.15) is 34.1 Å². The van der Waals surface area contributed by atoms with Crippen LogP contribution in [-0.4, -0.2) is 5.75 Å². The van der Waals surface area contributed by atoms with Gasteiger partial charge >= 0.3 is 0 Å². The van der Waals surface area contributed by atoms with Crippen molar-refractivity contribution >= 4 is 12.6 Å². The van der Waals surface area contributed by atoms with Crippen LogP contribution in [0.5, 0.6) is 0 Å². The second-order valence-corrected chi connectivity index (χ2v) is 3.82. The molecule has 0 fully saturated rings. The maximum absolute atomic E-state index is 4.33. The van der Waals surface area contributed by atoms with Gasteiger partial charge in [0.05, 0.1) is 0 Å². The van der Waals surface area contributed by atoms with Crippen LogP contribution >= 0.6 is 12.6 Å². The minimum Gasteiger partial charge on any atom is -0.179 e.